The van der Waals surface area contributed by atoms with E-state index in [1.165, 1.54) is 11.3 Å². The average molecular weight is 439 g/mol. The zero-order chi connectivity index (χ0) is 22.1. The molecule has 0 saturated heterocycles. The molecule has 0 fully saturated rings. The number of H-pyrrole nitrogens is 1. The van der Waals surface area contributed by atoms with Gasteiger partial charge in [-0.25, -0.2) is 9.97 Å². The molecular formula is C25H18N4O2S. The first-order valence-corrected chi connectivity index (χ1v) is 11.0. The molecule has 32 heavy (non-hydrogen) atoms. The maximum Gasteiger partial charge on any atom is 0.268 e. The van der Waals surface area contributed by atoms with Gasteiger partial charge in [-0.15, -0.1) is 11.3 Å². The van der Waals surface area contributed by atoms with Gasteiger partial charge in [0.05, 0.1) is 12.1 Å². The topological polar surface area (TPSA) is 91.7 Å². The highest BCUT2D eigenvalue weighted by Crippen LogP contribution is 2.41. The lowest BCUT2D eigenvalue weighted by Gasteiger charge is -2.11. The van der Waals surface area contributed by atoms with Crippen molar-refractivity contribution in [2.24, 2.45) is 0 Å². The van der Waals surface area contributed by atoms with E-state index < -0.39 is 0 Å². The number of aromatic amines is 1. The fraction of sp³-hybridized carbons (Fsp3) is 0.120. The van der Waals surface area contributed by atoms with Crippen molar-refractivity contribution in [2.75, 3.05) is 6.61 Å². The van der Waals surface area contributed by atoms with Gasteiger partial charge in [0, 0.05) is 17.4 Å². The Morgan fingerprint density at radius 2 is 1.78 bits per heavy atom. The molecule has 5 aromatic rings. The molecular weight excluding hydrogens is 420 g/mol. The molecule has 0 aliphatic heterocycles. The summed E-state index contributed by atoms with van der Waals surface area (Å²) >= 11 is 1.26. The smallest absolute Gasteiger partial charge is 0.268 e. The molecule has 0 saturated carbocycles. The SMILES string of the molecule is CCOc1nc2sc3c(=O)[nH]c(Cc4ccccc4)nc3c2c(-c2ccccc2)c1C#N. The van der Waals surface area contributed by atoms with Crippen molar-refractivity contribution < 1.29 is 4.74 Å². The third-order valence-corrected chi connectivity index (χ3v) is 6.23. The Kier molecular flexibility index (Phi) is 5.13. The van der Waals surface area contributed by atoms with Crippen molar-refractivity contribution in [1.29, 1.82) is 5.26 Å². The van der Waals surface area contributed by atoms with Gasteiger partial charge in [0.2, 0.25) is 5.88 Å². The summed E-state index contributed by atoms with van der Waals surface area (Å²) in [5.41, 5.74) is 3.29. The molecule has 0 unspecified atom stereocenters. The Hall–Kier alpha value is -4.02. The highest BCUT2D eigenvalue weighted by atomic mass is 32.1. The summed E-state index contributed by atoms with van der Waals surface area (Å²) in [7, 11) is 0. The third kappa shape index (κ3) is 3.41. The van der Waals surface area contributed by atoms with Crippen LogP contribution in [0.2, 0.25) is 0 Å². The second kappa shape index (κ2) is 8.25. The molecule has 3 aromatic heterocycles. The van der Waals surface area contributed by atoms with Crippen molar-refractivity contribution in [3.05, 3.63) is 88.0 Å². The van der Waals surface area contributed by atoms with Crippen molar-refractivity contribution in [1.82, 2.24) is 15.0 Å². The van der Waals surface area contributed by atoms with Crippen LogP contribution in [-0.2, 0) is 6.42 Å². The second-order valence-electron chi connectivity index (χ2n) is 7.21. The van der Waals surface area contributed by atoms with Gasteiger partial charge in [-0.2, -0.15) is 5.26 Å². The highest BCUT2D eigenvalue weighted by Gasteiger charge is 2.23. The Morgan fingerprint density at radius 3 is 2.47 bits per heavy atom. The lowest BCUT2D eigenvalue weighted by molar-refractivity contribution is 0.327. The van der Waals surface area contributed by atoms with Gasteiger partial charge < -0.3 is 9.72 Å². The number of rotatable bonds is 5. The van der Waals surface area contributed by atoms with Gasteiger partial charge in [0.1, 0.15) is 27.0 Å². The van der Waals surface area contributed by atoms with Crippen molar-refractivity contribution in [3.63, 3.8) is 0 Å². The van der Waals surface area contributed by atoms with E-state index in [9.17, 15) is 10.1 Å². The normalized spacial score (nSPS) is 11.0. The van der Waals surface area contributed by atoms with Gasteiger partial charge in [0.15, 0.2) is 0 Å². The summed E-state index contributed by atoms with van der Waals surface area (Å²) in [5.74, 6) is 0.841. The standard InChI is InChI=1S/C25H18N4O2S/c1-2-31-24-17(14-26)19(16-11-7-4-8-12-16)20-21-22(32-25(20)29-24)23(30)28-18(27-21)13-15-9-5-3-6-10-15/h3-12H,2,13H2,1H3,(H,27,28,30). The number of nitrogens with one attached hydrogen (secondary N) is 1. The number of nitrogens with zero attached hydrogens (tertiary/aromatic N) is 3. The Balaban J connectivity index is 1.85. The largest absolute Gasteiger partial charge is 0.477 e. The minimum atomic E-state index is -0.209. The average Bonchev–Trinajstić information content (AvgIpc) is 3.18. The number of hydrogen-bond acceptors (Lipinski definition) is 6. The van der Waals surface area contributed by atoms with Crippen LogP contribution < -0.4 is 10.3 Å². The van der Waals surface area contributed by atoms with E-state index in [0.717, 1.165) is 11.1 Å². The number of thiophene rings is 1. The Labute approximate surface area is 187 Å². The van der Waals surface area contributed by atoms with Crippen LogP contribution in [-0.4, -0.2) is 21.6 Å². The lowest BCUT2D eigenvalue weighted by Crippen LogP contribution is -2.10. The zero-order valence-electron chi connectivity index (χ0n) is 17.3. The Morgan fingerprint density at radius 1 is 1.06 bits per heavy atom. The van der Waals surface area contributed by atoms with Gasteiger partial charge >= 0.3 is 0 Å². The minimum Gasteiger partial charge on any atom is -0.477 e. The van der Waals surface area contributed by atoms with Crippen LogP contribution in [0, 0.1) is 11.3 Å². The van der Waals surface area contributed by atoms with Crippen LogP contribution in [0.15, 0.2) is 65.5 Å². The number of pyridine rings is 1. The van der Waals surface area contributed by atoms with Crippen molar-refractivity contribution in [3.8, 4) is 23.1 Å². The molecule has 6 nitrogen and oxygen atoms in total. The molecule has 0 spiro atoms. The fourth-order valence-electron chi connectivity index (χ4n) is 3.82. The number of hydrogen-bond donors (Lipinski definition) is 1. The van der Waals surface area contributed by atoms with Gasteiger partial charge in [-0.05, 0) is 18.1 Å². The van der Waals surface area contributed by atoms with Crippen LogP contribution in [0.4, 0.5) is 0 Å². The molecule has 0 aliphatic rings. The first-order valence-electron chi connectivity index (χ1n) is 10.2. The Bertz CT molecular complexity index is 1530. The molecule has 7 heteroatoms. The number of ether oxygens (including phenoxy) is 1. The maximum absolute atomic E-state index is 13.0. The molecule has 5 rings (SSSR count). The molecule has 156 valence electrons. The molecule has 3 heterocycles. The fourth-order valence-corrected chi connectivity index (χ4v) is 4.83. The summed E-state index contributed by atoms with van der Waals surface area (Å²) in [6.45, 7) is 2.23. The van der Waals surface area contributed by atoms with Crippen LogP contribution in [0.25, 0.3) is 31.6 Å². The van der Waals surface area contributed by atoms with E-state index in [1.54, 1.807) is 0 Å². The summed E-state index contributed by atoms with van der Waals surface area (Å²) in [6.07, 6.45) is 0.500. The van der Waals surface area contributed by atoms with E-state index >= 15 is 0 Å². The monoisotopic (exact) mass is 438 g/mol. The number of aromatic nitrogens is 3. The van der Waals surface area contributed by atoms with Crippen LogP contribution in [0.3, 0.4) is 0 Å². The lowest BCUT2D eigenvalue weighted by atomic mass is 9.98. The predicted octanol–water partition coefficient (Wildman–Crippen LogP) is 5.06. The van der Waals surface area contributed by atoms with Crippen LogP contribution in [0.1, 0.15) is 23.9 Å². The molecule has 0 amide bonds. The van der Waals surface area contributed by atoms with Gasteiger partial charge in [-0.3, -0.25) is 4.79 Å². The number of fused-ring (bicyclic) bond motifs is 3. The predicted molar refractivity (Wildman–Crippen MR) is 126 cm³/mol. The molecule has 1 N–H and O–H groups in total. The molecule has 0 bridgehead atoms. The molecule has 0 aliphatic carbocycles. The summed E-state index contributed by atoms with van der Waals surface area (Å²) in [5, 5.41) is 10.7. The summed E-state index contributed by atoms with van der Waals surface area (Å²) in [6, 6.07) is 21.7. The van der Waals surface area contributed by atoms with Crippen LogP contribution in [0.5, 0.6) is 5.88 Å². The molecule has 2 aromatic carbocycles. The molecule has 0 radical (unpaired) electrons. The van der Waals surface area contributed by atoms with E-state index in [0.29, 0.717) is 50.4 Å². The van der Waals surface area contributed by atoms with Crippen LogP contribution >= 0.6 is 11.3 Å². The number of nitriles is 1. The minimum absolute atomic E-state index is 0.209. The first kappa shape index (κ1) is 19.9. The summed E-state index contributed by atoms with van der Waals surface area (Å²) < 4.78 is 6.18. The maximum atomic E-state index is 13.0. The van der Waals surface area contributed by atoms with E-state index in [-0.39, 0.29) is 11.4 Å². The van der Waals surface area contributed by atoms with Crippen molar-refractivity contribution in [2.45, 2.75) is 13.3 Å². The van der Waals surface area contributed by atoms with Crippen molar-refractivity contribution >= 4 is 31.8 Å². The van der Waals surface area contributed by atoms with Gasteiger partial charge in [0.25, 0.3) is 5.56 Å². The highest BCUT2D eigenvalue weighted by molar-refractivity contribution is 7.25. The van der Waals surface area contributed by atoms with E-state index in [4.69, 9.17) is 9.72 Å². The zero-order valence-corrected chi connectivity index (χ0v) is 18.1. The molecule has 0 atom stereocenters. The third-order valence-electron chi connectivity index (χ3n) is 5.16. The number of benzene rings is 2. The summed E-state index contributed by atoms with van der Waals surface area (Å²) in [4.78, 5) is 25.9. The second-order valence-corrected chi connectivity index (χ2v) is 8.21. The van der Waals surface area contributed by atoms with E-state index in [1.807, 2.05) is 67.6 Å². The quantitative estimate of drug-likeness (QED) is 0.414. The van der Waals surface area contributed by atoms with E-state index in [2.05, 4.69) is 16.0 Å². The van der Waals surface area contributed by atoms with Gasteiger partial charge in [-0.1, -0.05) is 60.7 Å². The first-order chi connectivity index (χ1) is 15.7.